The number of hydrogen-bond donors (Lipinski definition) is 3. The zero-order chi connectivity index (χ0) is 30.1. The second-order valence-corrected chi connectivity index (χ2v) is 11.9. The number of hydrogen-bond acceptors (Lipinski definition) is 4. The zero-order valence-corrected chi connectivity index (χ0v) is 29.4. The summed E-state index contributed by atoms with van der Waals surface area (Å²) in [5.74, 6) is -0.688. The smallest absolute Gasteiger partial charge is 0.249 e. The van der Waals surface area contributed by atoms with E-state index in [1.54, 1.807) is 0 Å². The van der Waals surface area contributed by atoms with Crippen LogP contribution >= 0.6 is 67.8 Å². The molecule has 0 aromatic heterocycles. The van der Waals surface area contributed by atoms with E-state index in [0.29, 0.717) is 31.1 Å². The van der Waals surface area contributed by atoms with Gasteiger partial charge in [-0.1, -0.05) is 159 Å². The predicted octanol–water partition coefficient (Wildman–Crippen LogP) is 6.84. The molecule has 0 aliphatic heterocycles. The molecule has 4 aromatic carbocycles. The van der Waals surface area contributed by atoms with Crippen LogP contribution in [0.5, 0.6) is 0 Å². The van der Waals surface area contributed by atoms with E-state index in [2.05, 4.69) is 109 Å². The van der Waals surface area contributed by atoms with Crippen LogP contribution in [-0.2, 0) is 34.8 Å². The molecule has 0 fully saturated rings. The molecule has 218 valence electrons. The Kier molecular flexibility index (Phi) is 12.0. The van der Waals surface area contributed by atoms with E-state index < -0.39 is 11.5 Å². The molecule has 0 atom stereocenters. The Morgan fingerprint density at radius 2 is 1.14 bits per heavy atom. The summed E-state index contributed by atoms with van der Waals surface area (Å²) in [6, 6.07) is 30.4. The van der Waals surface area contributed by atoms with Crippen molar-refractivity contribution in [2.75, 3.05) is 18.9 Å². The zero-order valence-electron chi connectivity index (χ0n) is 22.9. The van der Waals surface area contributed by atoms with E-state index in [4.69, 9.17) is 16.2 Å². The fourth-order valence-electron chi connectivity index (χ4n) is 5.33. The number of anilines is 1. The molecule has 0 spiro atoms. The Morgan fingerprint density at radius 3 is 1.55 bits per heavy atom. The highest BCUT2D eigenvalue weighted by Gasteiger charge is 2.37. The van der Waals surface area contributed by atoms with Gasteiger partial charge in [0.25, 0.3) is 0 Å². The first-order valence-electron chi connectivity index (χ1n) is 13.4. The minimum Gasteiger partial charge on any atom is -0.398 e. The maximum atomic E-state index is 13.3. The van der Waals surface area contributed by atoms with Crippen molar-refractivity contribution in [3.05, 3.63) is 136 Å². The third-order valence-electron chi connectivity index (χ3n) is 7.25. The Morgan fingerprint density at radius 1 is 0.690 bits per heavy atom. The van der Waals surface area contributed by atoms with Crippen LogP contribution in [0.2, 0.25) is 0 Å². The van der Waals surface area contributed by atoms with Crippen LogP contribution in [0.15, 0.2) is 91.0 Å². The molecule has 0 bridgehead atoms. The molecule has 0 aliphatic carbocycles. The first kappa shape index (κ1) is 32.7. The number of nitrogen functional groups attached to an aromatic ring is 1. The molecule has 0 aliphatic rings. The van der Waals surface area contributed by atoms with Crippen LogP contribution in [0.3, 0.4) is 0 Å². The number of nitrogens with two attached hydrogens (primary N) is 2. The van der Waals surface area contributed by atoms with Crippen LogP contribution in [0.1, 0.15) is 49.3 Å². The molecular weight excluding hydrogens is 867 g/mol. The quantitative estimate of drug-likeness (QED) is 0.0450. The molecule has 0 radical (unpaired) electrons. The fraction of sp³-hybridized carbons (Fsp3) is 0.212. The van der Waals surface area contributed by atoms with Crippen molar-refractivity contribution >= 4 is 85.3 Å². The highest BCUT2D eigenvalue weighted by molar-refractivity contribution is 14.1. The van der Waals surface area contributed by atoms with Crippen LogP contribution < -0.4 is 16.8 Å². The van der Waals surface area contributed by atoms with E-state index >= 15 is 0 Å². The van der Waals surface area contributed by atoms with E-state index in [9.17, 15) is 9.59 Å². The van der Waals surface area contributed by atoms with Gasteiger partial charge in [0.15, 0.2) is 0 Å². The molecule has 0 unspecified atom stereocenters. The minimum atomic E-state index is -0.864. The van der Waals surface area contributed by atoms with Gasteiger partial charge in [-0.2, -0.15) is 0 Å². The molecule has 0 saturated heterocycles. The standard InChI is InChI=1S/C33H32I3N3O3/c34-19-26-25(27(20-35)31(37)28(21-36)30(26)32(38)41)18-29(40)39-16-17-42-33(22-10-4-1-5-11-22,23-12-6-2-7-13-23)24-14-8-3-9-15-24/h1-15H,16-21,37H2,(H2,38,41)(H,39,40). The molecule has 4 rings (SSSR count). The lowest BCUT2D eigenvalue weighted by molar-refractivity contribution is -0.120. The number of ether oxygens (including phenoxy) is 1. The number of amides is 2. The number of rotatable bonds is 13. The lowest BCUT2D eigenvalue weighted by Gasteiger charge is -2.36. The molecule has 0 heterocycles. The van der Waals surface area contributed by atoms with Gasteiger partial charge in [-0.25, -0.2) is 0 Å². The predicted molar refractivity (Wildman–Crippen MR) is 194 cm³/mol. The van der Waals surface area contributed by atoms with Gasteiger partial charge in [-0.15, -0.1) is 0 Å². The number of nitrogens with one attached hydrogen (secondary N) is 1. The van der Waals surface area contributed by atoms with Crippen molar-refractivity contribution in [2.24, 2.45) is 5.73 Å². The van der Waals surface area contributed by atoms with Gasteiger partial charge < -0.3 is 21.5 Å². The van der Waals surface area contributed by atoms with Crippen LogP contribution in [-0.4, -0.2) is 25.0 Å². The SMILES string of the molecule is NC(=O)c1c(CI)c(N)c(CI)c(CC(=O)NCCOC(c2ccccc2)(c2ccccc2)c2ccccc2)c1CI. The van der Waals surface area contributed by atoms with Gasteiger partial charge in [-0.3, -0.25) is 9.59 Å². The van der Waals surface area contributed by atoms with E-state index in [0.717, 1.165) is 38.9 Å². The van der Waals surface area contributed by atoms with Crippen LogP contribution in [0, 0.1) is 0 Å². The summed E-state index contributed by atoms with van der Waals surface area (Å²) >= 11 is 6.67. The van der Waals surface area contributed by atoms with Crippen molar-refractivity contribution in [3.63, 3.8) is 0 Å². The monoisotopic (exact) mass is 899 g/mol. The lowest BCUT2D eigenvalue weighted by atomic mass is 9.80. The number of alkyl halides is 3. The van der Waals surface area contributed by atoms with Gasteiger partial charge in [-0.05, 0) is 38.9 Å². The number of carbonyl (C=O) groups excluding carboxylic acids is 2. The van der Waals surface area contributed by atoms with Gasteiger partial charge in [0, 0.05) is 31.1 Å². The molecule has 2 amide bonds. The molecule has 5 N–H and O–H groups in total. The highest BCUT2D eigenvalue weighted by Crippen LogP contribution is 2.40. The first-order chi connectivity index (χ1) is 20.4. The average Bonchev–Trinajstić information content (AvgIpc) is 3.02. The Bertz CT molecular complexity index is 1420. The number of benzene rings is 4. The number of primary amides is 1. The number of halogens is 3. The van der Waals surface area contributed by atoms with Gasteiger partial charge in [0.1, 0.15) is 5.60 Å². The normalized spacial score (nSPS) is 11.3. The van der Waals surface area contributed by atoms with E-state index in [1.807, 2.05) is 54.6 Å². The Hall–Kier alpha value is -2.23. The summed E-state index contributed by atoms with van der Waals surface area (Å²) in [6.07, 6.45) is 0.101. The van der Waals surface area contributed by atoms with Crippen molar-refractivity contribution in [2.45, 2.75) is 25.3 Å². The average molecular weight is 899 g/mol. The number of carbonyl (C=O) groups is 2. The first-order valence-corrected chi connectivity index (χ1v) is 18.0. The fourth-order valence-corrected chi connectivity index (χ4v) is 7.84. The molecule has 4 aromatic rings. The molecule has 6 nitrogen and oxygen atoms in total. The lowest BCUT2D eigenvalue weighted by Crippen LogP contribution is -2.37. The van der Waals surface area contributed by atoms with Gasteiger partial charge in [0.05, 0.1) is 13.0 Å². The van der Waals surface area contributed by atoms with Crippen molar-refractivity contribution in [1.29, 1.82) is 0 Å². The van der Waals surface area contributed by atoms with E-state index in [-0.39, 0.29) is 18.9 Å². The molecular formula is C33H32I3N3O3. The summed E-state index contributed by atoms with van der Waals surface area (Å²) in [5, 5.41) is 3.03. The van der Waals surface area contributed by atoms with Crippen molar-refractivity contribution < 1.29 is 14.3 Å². The van der Waals surface area contributed by atoms with Crippen LogP contribution in [0.25, 0.3) is 0 Å². The summed E-state index contributed by atoms with van der Waals surface area (Å²) < 4.78 is 8.50. The van der Waals surface area contributed by atoms with Gasteiger partial charge >= 0.3 is 0 Å². The minimum absolute atomic E-state index is 0.101. The Labute approximate surface area is 287 Å². The third-order valence-corrected chi connectivity index (χ3v) is 9.54. The maximum absolute atomic E-state index is 13.3. The summed E-state index contributed by atoms with van der Waals surface area (Å²) in [5.41, 5.74) is 18.6. The highest BCUT2D eigenvalue weighted by atomic mass is 127. The maximum Gasteiger partial charge on any atom is 0.249 e. The second kappa shape index (κ2) is 15.5. The summed E-state index contributed by atoms with van der Waals surface area (Å²) in [4.78, 5) is 25.7. The second-order valence-electron chi connectivity index (χ2n) is 9.62. The van der Waals surface area contributed by atoms with Crippen molar-refractivity contribution in [3.8, 4) is 0 Å². The topological polar surface area (TPSA) is 107 Å². The molecule has 9 heteroatoms. The van der Waals surface area contributed by atoms with Crippen LogP contribution in [0.4, 0.5) is 5.69 Å². The Balaban J connectivity index is 1.60. The summed E-state index contributed by atoms with van der Waals surface area (Å²) in [7, 11) is 0. The van der Waals surface area contributed by atoms with Gasteiger partial charge in [0.2, 0.25) is 11.8 Å². The van der Waals surface area contributed by atoms with E-state index in [1.165, 1.54) is 0 Å². The third kappa shape index (κ3) is 6.94. The largest absolute Gasteiger partial charge is 0.398 e. The van der Waals surface area contributed by atoms with Crippen molar-refractivity contribution in [1.82, 2.24) is 5.32 Å². The molecule has 42 heavy (non-hydrogen) atoms. The molecule has 0 saturated carbocycles. The summed E-state index contributed by atoms with van der Waals surface area (Å²) in [6.45, 7) is 0.571.